The van der Waals surface area contributed by atoms with Crippen LogP contribution in [0.15, 0.2) is 24.4 Å². The van der Waals surface area contributed by atoms with Gasteiger partial charge in [0.2, 0.25) is 0 Å². The van der Waals surface area contributed by atoms with Crippen LogP contribution in [0.2, 0.25) is 0 Å². The third kappa shape index (κ3) is 2.55. The number of benzene rings is 1. The lowest BCUT2D eigenvalue weighted by Gasteiger charge is -2.06. The summed E-state index contributed by atoms with van der Waals surface area (Å²) < 4.78 is 14.8. The molecule has 0 amide bonds. The maximum absolute atomic E-state index is 13.1. The minimum Gasteiger partial charge on any atom is -0.505 e. The van der Waals surface area contributed by atoms with Gasteiger partial charge in [0.15, 0.2) is 11.6 Å². The highest BCUT2D eigenvalue weighted by Gasteiger charge is 2.04. The molecule has 4 nitrogen and oxygen atoms in total. The van der Waals surface area contributed by atoms with Gasteiger partial charge in [0.05, 0.1) is 5.69 Å². The molecule has 2 aromatic rings. The third-order valence-electron chi connectivity index (χ3n) is 2.55. The molecule has 0 fully saturated rings. The fraction of sp³-hybridized carbons (Fsp3) is 0.250. The van der Waals surface area contributed by atoms with Crippen LogP contribution in [0.3, 0.4) is 0 Å². The van der Waals surface area contributed by atoms with Gasteiger partial charge in [-0.25, -0.2) is 4.39 Å². The molecule has 2 N–H and O–H groups in total. The molecule has 17 heavy (non-hydrogen) atoms. The summed E-state index contributed by atoms with van der Waals surface area (Å²) in [6.07, 6.45) is 1.92. The topological polar surface area (TPSA) is 50.1 Å². The van der Waals surface area contributed by atoms with Gasteiger partial charge in [-0.15, -0.1) is 0 Å². The van der Waals surface area contributed by atoms with Crippen LogP contribution in [0.4, 0.5) is 10.1 Å². The van der Waals surface area contributed by atoms with E-state index in [9.17, 15) is 4.39 Å². The van der Waals surface area contributed by atoms with Crippen LogP contribution in [-0.2, 0) is 13.6 Å². The van der Waals surface area contributed by atoms with Crippen molar-refractivity contribution >= 4 is 5.69 Å². The summed E-state index contributed by atoms with van der Waals surface area (Å²) in [5.41, 5.74) is 2.63. The van der Waals surface area contributed by atoms with E-state index < -0.39 is 5.82 Å². The van der Waals surface area contributed by atoms with Crippen molar-refractivity contribution in [3.05, 3.63) is 41.5 Å². The lowest BCUT2D eigenvalue weighted by molar-refractivity contribution is 0.432. The van der Waals surface area contributed by atoms with Gasteiger partial charge in [-0.1, -0.05) is 0 Å². The number of rotatable bonds is 3. The Morgan fingerprint density at radius 3 is 2.82 bits per heavy atom. The van der Waals surface area contributed by atoms with E-state index in [-0.39, 0.29) is 5.75 Å². The molecule has 5 heteroatoms. The average molecular weight is 235 g/mol. The molecule has 0 unspecified atom stereocenters. The van der Waals surface area contributed by atoms with Crippen molar-refractivity contribution in [2.45, 2.75) is 13.5 Å². The minimum absolute atomic E-state index is 0.340. The second-order valence-corrected chi connectivity index (χ2v) is 3.93. The van der Waals surface area contributed by atoms with Crippen LogP contribution in [-0.4, -0.2) is 14.9 Å². The van der Waals surface area contributed by atoms with Crippen molar-refractivity contribution in [1.29, 1.82) is 0 Å². The Balaban J connectivity index is 2.07. The second kappa shape index (κ2) is 4.45. The van der Waals surface area contributed by atoms with Crippen molar-refractivity contribution in [1.82, 2.24) is 9.78 Å². The summed E-state index contributed by atoms with van der Waals surface area (Å²) in [6.45, 7) is 2.50. The summed E-state index contributed by atoms with van der Waals surface area (Å²) in [6, 6.07) is 4.22. The number of aromatic hydroxyl groups is 1. The van der Waals surface area contributed by atoms with Crippen LogP contribution < -0.4 is 5.32 Å². The number of hydrogen-bond acceptors (Lipinski definition) is 3. The number of phenols is 1. The Kier molecular flexibility index (Phi) is 2.99. The smallest absolute Gasteiger partial charge is 0.166 e. The number of phenolic OH excluding ortho intramolecular Hbond substituents is 1. The molecule has 0 radical (unpaired) electrons. The summed E-state index contributed by atoms with van der Waals surface area (Å²) in [4.78, 5) is 0. The first kappa shape index (κ1) is 11.4. The van der Waals surface area contributed by atoms with E-state index in [1.807, 2.05) is 20.2 Å². The molecule has 0 spiro atoms. The average Bonchev–Trinajstić information content (AvgIpc) is 2.59. The Morgan fingerprint density at radius 1 is 1.47 bits per heavy atom. The van der Waals surface area contributed by atoms with Crippen LogP contribution >= 0.6 is 0 Å². The zero-order valence-corrected chi connectivity index (χ0v) is 9.74. The lowest BCUT2D eigenvalue weighted by Crippen LogP contribution is -2.00. The Bertz CT molecular complexity index is 537. The van der Waals surface area contributed by atoms with Crippen molar-refractivity contribution in [3.8, 4) is 5.75 Å². The normalized spacial score (nSPS) is 10.5. The first-order chi connectivity index (χ1) is 8.06. The first-order valence-electron chi connectivity index (χ1n) is 5.28. The predicted octanol–water partition coefficient (Wildman–Crippen LogP) is 2.19. The van der Waals surface area contributed by atoms with Crippen molar-refractivity contribution in [2.24, 2.45) is 7.05 Å². The summed E-state index contributed by atoms with van der Waals surface area (Å²) in [5, 5.41) is 16.4. The van der Waals surface area contributed by atoms with Crippen molar-refractivity contribution < 1.29 is 9.50 Å². The van der Waals surface area contributed by atoms with Gasteiger partial charge in [0, 0.05) is 37.1 Å². The molecule has 0 aliphatic heterocycles. The maximum Gasteiger partial charge on any atom is 0.166 e. The highest BCUT2D eigenvalue weighted by Crippen LogP contribution is 2.20. The number of nitrogens with one attached hydrogen (secondary N) is 1. The maximum atomic E-state index is 13.1. The largest absolute Gasteiger partial charge is 0.505 e. The standard InChI is InChI=1S/C12H14FN3O/c1-8-9(7-16(2)15-8)6-14-10-3-4-12(17)11(13)5-10/h3-5,7,14,17H,6H2,1-2H3. The molecular formula is C12H14FN3O. The van der Waals surface area contributed by atoms with Gasteiger partial charge in [-0.2, -0.15) is 5.10 Å². The van der Waals surface area contributed by atoms with Crippen LogP contribution in [0.1, 0.15) is 11.3 Å². The molecule has 0 aliphatic rings. The summed E-state index contributed by atoms with van der Waals surface area (Å²) in [5.74, 6) is -0.967. The van der Waals surface area contributed by atoms with Gasteiger partial charge >= 0.3 is 0 Å². The van der Waals surface area contributed by atoms with E-state index in [4.69, 9.17) is 5.11 Å². The molecule has 0 atom stereocenters. The third-order valence-corrected chi connectivity index (χ3v) is 2.55. The predicted molar refractivity (Wildman–Crippen MR) is 63.3 cm³/mol. The SMILES string of the molecule is Cc1nn(C)cc1CNc1ccc(O)c(F)c1. The van der Waals surface area contributed by atoms with E-state index in [1.165, 1.54) is 12.1 Å². The molecular weight excluding hydrogens is 221 g/mol. The second-order valence-electron chi connectivity index (χ2n) is 3.93. The monoisotopic (exact) mass is 235 g/mol. The zero-order valence-electron chi connectivity index (χ0n) is 9.74. The van der Waals surface area contributed by atoms with E-state index in [0.29, 0.717) is 12.2 Å². The van der Waals surface area contributed by atoms with Gasteiger partial charge in [-0.05, 0) is 19.1 Å². The van der Waals surface area contributed by atoms with Gasteiger partial charge in [-0.3, -0.25) is 4.68 Å². The molecule has 1 aromatic heterocycles. The molecule has 1 heterocycles. The summed E-state index contributed by atoms with van der Waals surface area (Å²) >= 11 is 0. The number of halogens is 1. The molecule has 2 rings (SSSR count). The quantitative estimate of drug-likeness (QED) is 0.802. The Labute approximate surface area is 98.7 Å². The summed E-state index contributed by atoms with van der Waals surface area (Å²) in [7, 11) is 1.86. The molecule has 0 saturated carbocycles. The highest BCUT2D eigenvalue weighted by molar-refractivity contribution is 5.47. The number of aryl methyl sites for hydroxylation is 2. The van der Waals surface area contributed by atoms with Crippen LogP contribution in [0, 0.1) is 12.7 Å². The highest BCUT2D eigenvalue weighted by atomic mass is 19.1. The Morgan fingerprint density at radius 2 is 2.24 bits per heavy atom. The molecule has 0 bridgehead atoms. The number of nitrogens with zero attached hydrogens (tertiary/aromatic N) is 2. The molecule has 0 saturated heterocycles. The zero-order chi connectivity index (χ0) is 12.4. The number of aromatic nitrogens is 2. The minimum atomic E-state index is -0.627. The molecule has 0 aliphatic carbocycles. The van der Waals surface area contributed by atoms with Crippen LogP contribution in [0.5, 0.6) is 5.75 Å². The molecule has 1 aromatic carbocycles. The van der Waals surface area contributed by atoms with E-state index in [2.05, 4.69) is 10.4 Å². The molecule has 90 valence electrons. The first-order valence-corrected chi connectivity index (χ1v) is 5.28. The number of hydrogen-bond donors (Lipinski definition) is 2. The van der Waals surface area contributed by atoms with Crippen LogP contribution in [0.25, 0.3) is 0 Å². The lowest BCUT2D eigenvalue weighted by atomic mass is 10.2. The number of anilines is 1. The van der Waals surface area contributed by atoms with Gasteiger partial charge < -0.3 is 10.4 Å². The van der Waals surface area contributed by atoms with Crippen molar-refractivity contribution in [3.63, 3.8) is 0 Å². The van der Waals surface area contributed by atoms with Gasteiger partial charge in [0.25, 0.3) is 0 Å². The Hall–Kier alpha value is -2.04. The van der Waals surface area contributed by atoms with Crippen molar-refractivity contribution in [2.75, 3.05) is 5.32 Å². The fourth-order valence-corrected chi connectivity index (χ4v) is 1.64. The van der Waals surface area contributed by atoms with E-state index in [1.54, 1.807) is 10.7 Å². The van der Waals surface area contributed by atoms with E-state index in [0.717, 1.165) is 11.3 Å². The van der Waals surface area contributed by atoms with E-state index >= 15 is 0 Å². The fourth-order valence-electron chi connectivity index (χ4n) is 1.64. The van der Waals surface area contributed by atoms with Gasteiger partial charge in [0.1, 0.15) is 0 Å².